The van der Waals surface area contributed by atoms with Gasteiger partial charge in [0.25, 0.3) is 5.92 Å². The van der Waals surface area contributed by atoms with Crippen molar-refractivity contribution in [3.8, 4) is 5.75 Å². The maximum Gasteiger partial charge on any atom is 0.274 e. The van der Waals surface area contributed by atoms with Crippen molar-refractivity contribution in [2.75, 3.05) is 20.3 Å². The van der Waals surface area contributed by atoms with Gasteiger partial charge in [-0.15, -0.1) is 0 Å². The summed E-state index contributed by atoms with van der Waals surface area (Å²) in [6, 6.07) is 4.61. The highest BCUT2D eigenvalue weighted by atomic mass is 79.9. The largest absolute Gasteiger partial charge is 0.493 e. The summed E-state index contributed by atoms with van der Waals surface area (Å²) in [5.41, 5.74) is -0.107. The first-order valence-electron chi connectivity index (χ1n) is 5.24. The van der Waals surface area contributed by atoms with Crippen LogP contribution in [0.5, 0.6) is 5.75 Å². The standard InChI is InChI=1S/C12H15BrF2O2/c1-12(14,15)10-8-9(13)4-5-11(10)17-7-3-6-16-2/h4-5,8H,3,6-7H2,1-2H3. The predicted octanol–water partition coefficient (Wildman–Crippen LogP) is 3.98. The Hall–Kier alpha value is -0.680. The molecule has 5 heteroatoms. The van der Waals surface area contributed by atoms with Crippen molar-refractivity contribution >= 4 is 15.9 Å². The van der Waals surface area contributed by atoms with Crippen LogP contribution in [0.2, 0.25) is 0 Å². The third-order valence-corrected chi connectivity index (χ3v) is 2.66. The van der Waals surface area contributed by atoms with Crippen LogP contribution in [-0.2, 0) is 10.7 Å². The summed E-state index contributed by atoms with van der Waals surface area (Å²) in [5.74, 6) is -2.70. The normalized spacial score (nSPS) is 11.6. The van der Waals surface area contributed by atoms with E-state index in [1.807, 2.05) is 0 Å². The van der Waals surface area contributed by atoms with Crippen LogP contribution in [0.3, 0.4) is 0 Å². The molecule has 1 aromatic carbocycles. The lowest BCUT2D eigenvalue weighted by atomic mass is 10.1. The molecule has 0 N–H and O–H groups in total. The summed E-state index contributed by atoms with van der Waals surface area (Å²) in [4.78, 5) is 0. The molecule has 0 saturated carbocycles. The van der Waals surface area contributed by atoms with E-state index in [0.717, 1.165) is 6.92 Å². The van der Waals surface area contributed by atoms with E-state index >= 15 is 0 Å². The van der Waals surface area contributed by atoms with Crippen LogP contribution in [0.15, 0.2) is 22.7 Å². The molecule has 0 fully saturated rings. The second kappa shape index (κ2) is 6.31. The van der Waals surface area contributed by atoms with Gasteiger partial charge in [0.2, 0.25) is 0 Å². The van der Waals surface area contributed by atoms with Crippen LogP contribution in [0.4, 0.5) is 8.78 Å². The summed E-state index contributed by atoms with van der Waals surface area (Å²) in [7, 11) is 1.59. The minimum Gasteiger partial charge on any atom is -0.493 e. The molecule has 2 nitrogen and oxygen atoms in total. The van der Waals surface area contributed by atoms with Gasteiger partial charge in [0.15, 0.2) is 0 Å². The minimum atomic E-state index is -2.92. The molecule has 0 saturated heterocycles. The lowest BCUT2D eigenvalue weighted by Crippen LogP contribution is -2.11. The Balaban J connectivity index is 2.77. The molecule has 0 radical (unpaired) electrons. The van der Waals surface area contributed by atoms with E-state index in [2.05, 4.69) is 15.9 Å². The van der Waals surface area contributed by atoms with E-state index in [1.165, 1.54) is 6.07 Å². The van der Waals surface area contributed by atoms with Gasteiger partial charge in [-0.1, -0.05) is 15.9 Å². The Morgan fingerprint density at radius 2 is 2.00 bits per heavy atom. The van der Waals surface area contributed by atoms with E-state index in [0.29, 0.717) is 24.1 Å². The molecule has 0 heterocycles. The molecule has 0 amide bonds. The van der Waals surface area contributed by atoms with Gasteiger partial charge in [-0.3, -0.25) is 0 Å². The number of rotatable bonds is 6. The molecule has 0 atom stereocenters. The fourth-order valence-corrected chi connectivity index (χ4v) is 1.72. The van der Waals surface area contributed by atoms with E-state index in [4.69, 9.17) is 9.47 Å². The number of hydrogen-bond acceptors (Lipinski definition) is 2. The van der Waals surface area contributed by atoms with Gasteiger partial charge in [-0.25, -0.2) is 8.78 Å². The smallest absolute Gasteiger partial charge is 0.274 e. The highest BCUT2D eigenvalue weighted by Crippen LogP contribution is 2.36. The van der Waals surface area contributed by atoms with Crippen molar-refractivity contribution in [1.82, 2.24) is 0 Å². The second-order valence-electron chi connectivity index (χ2n) is 3.72. The maximum atomic E-state index is 13.3. The van der Waals surface area contributed by atoms with Crippen LogP contribution in [0.1, 0.15) is 18.9 Å². The van der Waals surface area contributed by atoms with Gasteiger partial charge < -0.3 is 9.47 Å². The van der Waals surface area contributed by atoms with E-state index in [1.54, 1.807) is 19.2 Å². The Kier molecular flexibility index (Phi) is 5.33. The van der Waals surface area contributed by atoms with Crippen LogP contribution in [-0.4, -0.2) is 20.3 Å². The molecule has 0 bridgehead atoms. The number of hydrogen-bond donors (Lipinski definition) is 0. The molecular weight excluding hydrogens is 294 g/mol. The van der Waals surface area contributed by atoms with Crippen LogP contribution in [0.25, 0.3) is 0 Å². The average Bonchev–Trinajstić information content (AvgIpc) is 2.25. The molecular formula is C12H15BrF2O2. The van der Waals surface area contributed by atoms with Gasteiger partial charge in [-0.2, -0.15) is 0 Å². The third-order valence-electron chi connectivity index (χ3n) is 2.16. The summed E-state index contributed by atoms with van der Waals surface area (Å²) in [5, 5.41) is 0. The first kappa shape index (κ1) is 14.4. The fraction of sp³-hybridized carbons (Fsp3) is 0.500. The lowest BCUT2D eigenvalue weighted by molar-refractivity contribution is 0.0142. The summed E-state index contributed by atoms with van der Waals surface area (Å²) in [6.45, 7) is 1.77. The molecule has 0 spiro atoms. The molecule has 0 aliphatic rings. The summed E-state index contributed by atoms with van der Waals surface area (Å²) < 4.78 is 37.5. The predicted molar refractivity (Wildman–Crippen MR) is 65.7 cm³/mol. The van der Waals surface area contributed by atoms with Gasteiger partial charge >= 0.3 is 0 Å². The topological polar surface area (TPSA) is 18.5 Å². The van der Waals surface area contributed by atoms with Gasteiger partial charge in [0.05, 0.1) is 12.2 Å². The van der Waals surface area contributed by atoms with E-state index in [-0.39, 0.29) is 11.3 Å². The highest BCUT2D eigenvalue weighted by molar-refractivity contribution is 9.10. The van der Waals surface area contributed by atoms with Gasteiger partial charge in [0, 0.05) is 31.5 Å². The number of halogens is 3. The average molecular weight is 309 g/mol. The quantitative estimate of drug-likeness (QED) is 0.740. The summed E-state index contributed by atoms with van der Waals surface area (Å²) >= 11 is 3.17. The minimum absolute atomic E-state index is 0.107. The molecule has 1 aromatic rings. The zero-order chi connectivity index (χ0) is 12.9. The van der Waals surface area contributed by atoms with Crippen molar-refractivity contribution in [1.29, 1.82) is 0 Å². The maximum absolute atomic E-state index is 13.3. The lowest BCUT2D eigenvalue weighted by Gasteiger charge is -2.16. The Morgan fingerprint density at radius 1 is 1.29 bits per heavy atom. The Morgan fingerprint density at radius 3 is 2.59 bits per heavy atom. The van der Waals surface area contributed by atoms with Crippen molar-refractivity contribution < 1.29 is 18.3 Å². The summed E-state index contributed by atoms with van der Waals surface area (Å²) in [6.07, 6.45) is 0.668. The third kappa shape index (κ3) is 4.60. The second-order valence-corrected chi connectivity index (χ2v) is 4.64. The zero-order valence-corrected chi connectivity index (χ0v) is 11.4. The molecule has 1 rings (SSSR count). The number of ether oxygens (including phenoxy) is 2. The molecule has 0 unspecified atom stereocenters. The Bertz CT molecular complexity index is 364. The fourth-order valence-electron chi connectivity index (χ4n) is 1.36. The monoisotopic (exact) mass is 308 g/mol. The first-order valence-corrected chi connectivity index (χ1v) is 6.04. The molecule has 17 heavy (non-hydrogen) atoms. The zero-order valence-electron chi connectivity index (χ0n) is 9.80. The van der Waals surface area contributed by atoms with Crippen LogP contribution >= 0.6 is 15.9 Å². The van der Waals surface area contributed by atoms with Crippen molar-refractivity contribution in [3.63, 3.8) is 0 Å². The Labute approximate surface area is 108 Å². The van der Waals surface area contributed by atoms with E-state index in [9.17, 15) is 8.78 Å². The first-order chi connectivity index (χ1) is 7.95. The van der Waals surface area contributed by atoms with Crippen LogP contribution in [0, 0.1) is 0 Å². The molecule has 0 aliphatic heterocycles. The van der Waals surface area contributed by atoms with Gasteiger partial charge in [-0.05, 0) is 18.2 Å². The van der Waals surface area contributed by atoms with Gasteiger partial charge in [0.1, 0.15) is 5.75 Å². The SMILES string of the molecule is COCCCOc1ccc(Br)cc1C(C)(F)F. The molecule has 96 valence electrons. The van der Waals surface area contributed by atoms with Crippen molar-refractivity contribution in [2.45, 2.75) is 19.3 Å². The van der Waals surface area contributed by atoms with Crippen molar-refractivity contribution in [2.24, 2.45) is 0 Å². The van der Waals surface area contributed by atoms with E-state index < -0.39 is 5.92 Å². The molecule has 0 aliphatic carbocycles. The van der Waals surface area contributed by atoms with Crippen molar-refractivity contribution in [3.05, 3.63) is 28.2 Å². The number of alkyl halides is 2. The van der Waals surface area contributed by atoms with Crippen LogP contribution < -0.4 is 4.74 Å². The number of benzene rings is 1. The highest BCUT2D eigenvalue weighted by Gasteiger charge is 2.28. The number of methoxy groups -OCH3 is 1. The molecule has 0 aromatic heterocycles.